The van der Waals surface area contributed by atoms with Crippen molar-refractivity contribution in [2.45, 2.75) is 25.4 Å². The van der Waals surface area contributed by atoms with E-state index < -0.39 is 0 Å². The maximum absolute atomic E-state index is 11.7. The van der Waals surface area contributed by atoms with E-state index in [1.54, 1.807) is 4.90 Å². The lowest BCUT2D eigenvalue weighted by atomic mass is 9.95. The van der Waals surface area contributed by atoms with Gasteiger partial charge in [0.05, 0.1) is 0 Å². The van der Waals surface area contributed by atoms with E-state index in [9.17, 15) is 4.79 Å². The fourth-order valence-electron chi connectivity index (χ4n) is 1.87. The highest BCUT2D eigenvalue weighted by molar-refractivity contribution is 5.83. The minimum Gasteiger partial charge on any atom is -0.343 e. The Morgan fingerprint density at radius 2 is 2.08 bits per heavy atom. The van der Waals surface area contributed by atoms with E-state index in [1.165, 1.54) is 0 Å². The van der Waals surface area contributed by atoms with Gasteiger partial charge in [0, 0.05) is 25.7 Å². The van der Waals surface area contributed by atoms with Gasteiger partial charge in [0.15, 0.2) is 0 Å². The second-order valence-corrected chi connectivity index (χ2v) is 4.37. The Labute approximate surface area is 79.7 Å². The Hall–Kier alpha value is -0.610. The summed E-state index contributed by atoms with van der Waals surface area (Å²) in [5, 5.41) is 0. The molecule has 0 aromatic heterocycles. The molecule has 1 fully saturated rings. The van der Waals surface area contributed by atoms with Crippen LogP contribution in [0.1, 0.15) is 13.8 Å². The van der Waals surface area contributed by atoms with Crippen molar-refractivity contribution in [3.8, 4) is 0 Å². The second kappa shape index (κ2) is 3.27. The van der Waals surface area contributed by atoms with Crippen LogP contribution in [0.3, 0.4) is 0 Å². The SMILES string of the molecule is CN1CC(C)(C)N(C)C(CN)C1=O. The number of carbonyl (C=O) groups excluding carboxylic acids is 1. The zero-order valence-corrected chi connectivity index (χ0v) is 8.87. The van der Waals surface area contributed by atoms with E-state index in [2.05, 4.69) is 18.7 Å². The van der Waals surface area contributed by atoms with Crippen LogP contribution in [0.15, 0.2) is 0 Å². The van der Waals surface area contributed by atoms with E-state index in [0.717, 1.165) is 6.54 Å². The van der Waals surface area contributed by atoms with Crippen LogP contribution in [-0.2, 0) is 4.79 Å². The average molecular weight is 185 g/mol. The number of carbonyl (C=O) groups is 1. The summed E-state index contributed by atoms with van der Waals surface area (Å²) in [6, 6.07) is -0.159. The summed E-state index contributed by atoms with van der Waals surface area (Å²) < 4.78 is 0. The summed E-state index contributed by atoms with van der Waals surface area (Å²) in [4.78, 5) is 15.5. The highest BCUT2D eigenvalue weighted by Crippen LogP contribution is 2.22. The third-order valence-electron chi connectivity index (χ3n) is 2.93. The zero-order chi connectivity index (χ0) is 10.2. The van der Waals surface area contributed by atoms with Crippen LogP contribution in [-0.4, -0.2) is 54.5 Å². The molecule has 0 aliphatic carbocycles. The van der Waals surface area contributed by atoms with E-state index in [0.29, 0.717) is 6.54 Å². The lowest BCUT2D eigenvalue weighted by Gasteiger charge is -2.48. The van der Waals surface area contributed by atoms with Crippen molar-refractivity contribution >= 4 is 5.91 Å². The van der Waals surface area contributed by atoms with Gasteiger partial charge >= 0.3 is 0 Å². The van der Waals surface area contributed by atoms with Crippen molar-refractivity contribution in [3.05, 3.63) is 0 Å². The van der Waals surface area contributed by atoms with E-state index in [4.69, 9.17) is 5.73 Å². The molecule has 2 N–H and O–H groups in total. The number of likely N-dealkylation sites (N-methyl/N-ethyl adjacent to an activating group) is 2. The summed E-state index contributed by atoms with van der Waals surface area (Å²) in [5.74, 6) is 0.129. The summed E-state index contributed by atoms with van der Waals surface area (Å²) >= 11 is 0. The van der Waals surface area contributed by atoms with Gasteiger partial charge in [-0.3, -0.25) is 9.69 Å². The predicted octanol–water partition coefficient (Wildman–Crippen LogP) is -0.504. The second-order valence-electron chi connectivity index (χ2n) is 4.37. The lowest BCUT2D eigenvalue weighted by Crippen LogP contribution is -2.66. The largest absolute Gasteiger partial charge is 0.343 e. The molecule has 1 amide bonds. The van der Waals surface area contributed by atoms with Crippen LogP contribution < -0.4 is 5.73 Å². The van der Waals surface area contributed by atoms with Crippen LogP contribution >= 0.6 is 0 Å². The normalized spacial score (nSPS) is 29.5. The summed E-state index contributed by atoms with van der Waals surface area (Å²) in [6.45, 7) is 5.40. The number of rotatable bonds is 1. The van der Waals surface area contributed by atoms with Crippen LogP contribution in [0.2, 0.25) is 0 Å². The number of hydrogen-bond acceptors (Lipinski definition) is 3. The number of nitrogens with zero attached hydrogens (tertiary/aromatic N) is 2. The third-order valence-corrected chi connectivity index (χ3v) is 2.93. The molecule has 4 nitrogen and oxygen atoms in total. The quantitative estimate of drug-likeness (QED) is 0.599. The zero-order valence-electron chi connectivity index (χ0n) is 8.87. The number of nitrogens with two attached hydrogens (primary N) is 1. The minimum absolute atomic E-state index is 0.0205. The first-order valence-corrected chi connectivity index (χ1v) is 4.58. The van der Waals surface area contributed by atoms with Crippen molar-refractivity contribution in [3.63, 3.8) is 0 Å². The molecule has 13 heavy (non-hydrogen) atoms. The molecule has 1 aliphatic heterocycles. The van der Waals surface area contributed by atoms with Crippen LogP contribution in [0.4, 0.5) is 0 Å². The predicted molar refractivity (Wildman–Crippen MR) is 52.3 cm³/mol. The Kier molecular flexibility index (Phi) is 2.63. The molecule has 0 spiro atoms. The molecule has 0 radical (unpaired) electrons. The molecule has 0 aromatic carbocycles. The Balaban J connectivity index is 2.88. The molecule has 0 aromatic rings. The van der Waals surface area contributed by atoms with Crippen LogP contribution in [0.5, 0.6) is 0 Å². The third kappa shape index (κ3) is 1.69. The highest BCUT2D eigenvalue weighted by Gasteiger charge is 2.40. The molecule has 1 rings (SSSR count). The summed E-state index contributed by atoms with van der Waals surface area (Å²) in [7, 11) is 3.79. The monoisotopic (exact) mass is 185 g/mol. The van der Waals surface area contributed by atoms with Gasteiger partial charge in [0.2, 0.25) is 5.91 Å². The fraction of sp³-hybridized carbons (Fsp3) is 0.889. The molecule has 1 aliphatic rings. The van der Waals surface area contributed by atoms with Crippen LogP contribution in [0, 0.1) is 0 Å². The van der Waals surface area contributed by atoms with Gasteiger partial charge in [-0.1, -0.05) is 0 Å². The maximum atomic E-state index is 11.7. The van der Waals surface area contributed by atoms with Gasteiger partial charge in [-0.25, -0.2) is 0 Å². The van der Waals surface area contributed by atoms with E-state index >= 15 is 0 Å². The molecule has 76 valence electrons. The molecule has 4 heteroatoms. The van der Waals surface area contributed by atoms with Crippen molar-refractivity contribution in [2.24, 2.45) is 5.73 Å². The Bertz CT molecular complexity index is 215. The fourth-order valence-corrected chi connectivity index (χ4v) is 1.87. The van der Waals surface area contributed by atoms with E-state index in [1.807, 2.05) is 14.1 Å². The number of amides is 1. The maximum Gasteiger partial charge on any atom is 0.241 e. The van der Waals surface area contributed by atoms with Crippen molar-refractivity contribution in [2.75, 3.05) is 27.2 Å². The van der Waals surface area contributed by atoms with Gasteiger partial charge in [-0.05, 0) is 20.9 Å². The Morgan fingerprint density at radius 3 is 2.54 bits per heavy atom. The van der Waals surface area contributed by atoms with Gasteiger partial charge in [0.1, 0.15) is 6.04 Å². The van der Waals surface area contributed by atoms with Crippen molar-refractivity contribution in [1.29, 1.82) is 0 Å². The first-order chi connectivity index (χ1) is 5.90. The minimum atomic E-state index is -0.159. The average Bonchev–Trinajstić information content (AvgIpc) is 2.02. The van der Waals surface area contributed by atoms with Gasteiger partial charge in [0.25, 0.3) is 0 Å². The molecule has 1 atom stereocenters. The Morgan fingerprint density at radius 1 is 1.54 bits per heavy atom. The van der Waals surface area contributed by atoms with Gasteiger partial charge in [-0.2, -0.15) is 0 Å². The highest BCUT2D eigenvalue weighted by atomic mass is 16.2. The van der Waals surface area contributed by atoms with Crippen molar-refractivity contribution < 1.29 is 4.79 Å². The lowest BCUT2D eigenvalue weighted by molar-refractivity contribution is -0.145. The van der Waals surface area contributed by atoms with Crippen LogP contribution in [0.25, 0.3) is 0 Å². The number of piperazine rings is 1. The van der Waals surface area contributed by atoms with Crippen molar-refractivity contribution in [1.82, 2.24) is 9.80 Å². The molecule has 1 saturated heterocycles. The van der Waals surface area contributed by atoms with E-state index in [-0.39, 0.29) is 17.5 Å². The van der Waals surface area contributed by atoms with Gasteiger partial charge < -0.3 is 10.6 Å². The van der Waals surface area contributed by atoms with Gasteiger partial charge in [-0.15, -0.1) is 0 Å². The molecular weight excluding hydrogens is 166 g/mol. The molecule has 1 heterocycles. The topological polar surface area (TPSA) is 49.6 Å². The first-order valence-electron chi connectivity index (χ1n) is 4.58. The molecule has 0 saturated carbocycles. The number of hydrogen-bond donors (Lipinski definition) is 1. The standard InChI is InChI=1S/C9H19N3O/c1-9(2)6-11(3)8(13)7(5-10)12(9)4/h7H,5-6,10H2,1-4H3. The molecule has 1 unspecified atom stereocenters. The smallest absolute Gasteiger partial charge is 0.241 e. The first kappa shape index (κ1) is 10.5. The summed E-state index contributed by atoms with van der Waals surface area (Å²) in [6.07, 6.45) is 0. The summed E-state index contributed by atoms with van der Waals surface area (Å²) in [5.41, 5.74) is 5.60. The molecule has 0 bridgehead atoms. The molecular formula is C9H19N3O.